The summed E-state index contributed by atoms with van der Waals surface area (Å²) in [5.74, 6) is 0.915. The van der Waals surface area contributed by atoms with Gasteiger partial charge >= 0.3 is 5.97 Å². The van der Waals surface area contributed by atoms with Crippen LogP contribution in [-0.2, 0) is 19.0 Å². The summed E-state index contributed by atoms with van der Waals surface area (Å²) in [6.45, 7) is 2.34. The Balaban J connectivity index is 2.26. The van der Waals surface area contributed by atoms with Crippen LogP contribution >= 0.6 is 0 Å². The van der Waals surface area contributed by atoms with Gasteiger partial charge in [0, 0.05) is 6.42 Å². The van der Waals surface area contributed by atoms with Crippen LogP contribution in [0.15, 0.2) is 23.2 Å². The van der Waals surface area contributed by atoms with Crippen molar-refractivity contribution in [2.45, 2.75) is 19.4 Å². The molecule has 0 amide bonds. The zero-order valence-corrected chi connectivity index (χ0v) is 8.20. The molecule has 0 saturated carbocycles. The smallest absolute Gasteiger partial charge is 0.338 e. The molecule has 2 rings (SSSR count). The van der Waals surface area contributed by atoms with E-state index in [2.05, 4.69) is 0 Å². The topological polar surface area (TPSA) is 44.8 Å². The van der Waals surface area contributed by atoms with Crippen molar-refractivity contribution < 1.29 is 19.0 Å². The van der Waals surface area contributed by atoms with Gasteiger partial charge in [-0.05, 0) is 13.0 Å². The van der Waals surface area contributed by atoms with E-state index in [-0.39, 0.29) is 5.97 Å². The Bertz CT molecular complexity index is 327. The summed E-state index contributed by atoms with van der Waals surface area (Å²) in [7, 11) is 1.53. The molecule has 0 bridgehead atoms. The van der Waals surface area contributed by atoms with Gasteiger partial charge in [-0.2, -0.15) is 0 Å². The summed E-state index contributed by atoms with van der Waals surface area (Å²) in [5.41, 5.74) is 0.522. The number of hydrogen-bond acceptors (Lipinski definition) is 4. The summed E-state index contributed by atoms with van der Waals surface area (Å²) in [4.78, 5) is 11.3. The van der Waals surface area contributed by atoms with Gasteiger partial charge in [0.2, 0.25) is 6.10 Å². The minimum Gasteiger partial charge on any atom is -0.496 e. The van der Waals surface area contributed by atoms with Gasteiger partial charge < -0.3 is 14.2 Å². The summed E-state index contributed by atoms with van der Waals surface area (Å²) < 4.78 is 15.6. The van der Waals surface area contributed by atoms with Crippen molar-refractivity contribution in [2.24, 2.45) is 0 Å². The van der Waals surface area contributed by atoms with E-state index in [1.54, 1.807) is 6.92 Å². The highest BCUT2D eigenvalue weighted by Gasteiger charge is 2.37. The third-order valence-electron chi connectivity index (χ3n) is 2.35. The Morgan fingerprint density at radius 3 is 2.93 bits per heavy atom. The summed E-state index contributed by atoms with van der Waals surface area (Å²) in [5, 5.41) is 0. The second kappa shape index (κ2) is 3.36. The predicted octanol–water partition coefficient (Wildman–Crippen LogP) is 1.14. The average Bonchev–Trinajstić information content (AvgIpc) is 2.76. The lowest BCUT2D eigenvalue weighted by molar-refractivity contribution is -0.140. The highest BCUT2D eigenvalue weighted by Crippen LogP contribution is 2.30. The first kappa shape index (κ1) is 9.12. The average molecular weight is 196 g/mol. The SMILES string of the molecule is COC1=C(C)C(=O)OC1C1=CCCO1. The maximum absolute atomic E-state index is 11.3. The zero-order chi connectivity index (χ0) is 10.1. The fraction of sp³-hybridized carbons (Fsp3) is 0.500. The first-order valence-electron chi connectivity index (χ1n) is 4.52. The lowest BCUT2D eigenvalue weighted by Gasteiger charge is -2.13. The maximum Gasteiger partial charge on any atom is 0.338 e. The monoisotopic (exact) mass is 196 g/mol. The van der Waals surface area contributed by atoms with E-state index >= 15 is 0 Å². The molecule has 76 valence electrons. The molecule has 0 aromatic heterocycles. The fourth-order valence-corrected chi connectivity index (χ4v) is 1.61. The van der Waals surface area contributed by atoms with E-state index in [1.807, 2.05) is 6.08 Å². The molecule has 4 heteroatoms. The van der Waals surface area contributed by atoms with Crippen molar-refractivity contribution in [3.8, 4) is 0 Å². The largest absolute Gasteiger partial charge is 0.496 e. The van der Waals surface area contributed by atoms with Gasteiger partial charge in [0.15, 0.2) is 5.76 Å². The normalized spacial score (nSPS) is 26.0. The molecule has 0 aromatic carbocycles. The number of esters is 1. The van der Waals surface area contributed by atoms with Gasteiger partial charge in [0.05, 0.1) is 19.3 Å². The molecule has 0 aliphatic carbocycles. The van der Waals surface area contributed by atoms with E-state index in [0.717, 1.165) is 6.42 Å². The molecule has 4 nitrogen and oxygen atoms in total. The zero-order valence-electron chi connectivity index (χ0n) is 8.20. The first-order valence-corrected chi connectivity index (χ1v) is 4.52. The second-order valence-electron chi connectivity index (χ2n) is 3.22. The minimum absolute atomic E-state index is 0.330. The summed E-state index contributed by atoms with van der Waals surface area (Å²) >= 11 is 0. The van der Waals surface area contributed by atoms with Crippen molar-refractivity contribution in [2.75, 3.05) is 13.7 Å². The molecule has 0 N–H and O–H groups in total. The number of hydrogen-bond donors (Lipinski definition) is 0. The van der Waals surface area contributed by atoms with Crippen LogP contribution in [-0.4, -0.2) is 25.8 Å². The summed E-state index contributed by atoms with van der Waals surface area (Å²) in [6, 6.07) is 0. The fourth-order valence-electron chi connectivity index (χ4n) is 1.61. The van der Waals surface area contributed by atoms with Gasteiger partial charge in [-0.15, -0.1) is 0 Å². The van der Waals surface area contributed by atoms with E-state index in [9.17, 15) is 4.79 Å². The Hall–Kier alpha value is -1.45. The van der Waals surface area contributed by atoms with Crippen LogP contribution in [0.25, 0.3) is 0 Å². The molecule has 0 fully saturated rings. The Labute approximate surface area is 82.1 Å². The predicted molar refractivity (Wildman–Crippen MR) is 48.2 cm³/mol. The Morgan fingerprint density at radius 2 is 2.36 bits per heavy atom. The van der Waals surface area contributed by atoms with E-state index < -0.39 is 6.10 Å². The molecular weight excluding hydrogens is 184 g/mol. The number of rotatable bonds is 2. The van der Waals surface area contributed by atoms with Gasteiger partial charge in [0.1, 0.15) is 5.76 Å². The lowest BCUT2D eigenvalue weighted by Crippen LogP contribution is -2.16. The van der Waals surface area contributed by atoms with E-state index in [0.29, 0.717) is 23.7 Å². The van der Waals surface area contributed by atoms with Crippen LogP contribution in [0.5, 0.6) is 0 Å². The van der Waals surface area contributed by atoms with E-state index in [1.165, 1.54) is 7.11 Å². The Morgan fingerprint density at radius 1 is 1.57 bits per heavy atom. The van der Waals surface area contributed by atoms with Crippen LogP contribution < -0.4 is 0 Å². The van der Waals surface area contributed by atoms with Crippen LogP contribution in [0.2, 0.25) is 0 Å². The second-order valence-corrected chi connectivity index (χ2v) is 3.22. The van der Waals surface area contributed by atoms with Gasteiger partial charge in [-0.25, -0.2) is 4.79 Å². The molecule has 0 saturated heterocycles. The van der Waals surface area contributed by atoms with Crippen molar-refractivity contribution in [1.29, 1.82) is 0 Å². The molecule has 0 aromatic rings. The summed E-state index contributed by atoms with van der Waals surface area (Å²) in [6.07, 6.45) is 2.32. The highest BCUT2D eigenvalue weighted by molar-refractivity contribution is 5.91. The molecule has 2 aliphatic rings. The van der Waals surface area contributed by atoms with Gasteiger partial charge in [0.25, 0.3) is 0 Å². The number of carbonyl (C=O) groups is 1. The molecule has 2 aliphatic heterocycles. The van der Waals surface area contributed by atoms with Crippen molar-refractivity contribution >= 4 is 5.97 Å². The highest BCUT2D eigenvalue weighted by atomic mass is 16.6. The minimum atomic E-state index is -0.463. The van der Waals surface area contributed by atoms with Crippen LogP contribution in [0.3, 0.4) is 0 Å². The number of methoxy groups -OCH3 is 1. The number of cyclic esters (lactones) is 1. The van der Waals surface area contributed by atoms with Crippen molar-refractivity contribution in [1.82, 2.24) is 0 Å². The molecule has 14 heavy (non-hydrogen) atoms. The molecule has 1 unspecified atom stereocenters. The van der Waals surface area contributed by atoms with Crippen LogP contribution in [0.4, 0.5) is 0 Å². The van der Waals surface area contributed by atoms with Gasteiger partial charge in [-0.3, -0.25) is 0 Å². The van der Waals surface area contributed by atoms with Crippen LogP contribution in [0, 0.1) is 0 Å². The van der Waals surface area contributed by atoms with E-state index in [4.69, 9.17) is 14.2 Å². The Kier molecular flexibility index (Phi) is 2.19. The van der Waals surface area contributed by atoms with Gasteiger partial charge in [-0.1, -0.05) is 0 Å². The number of ether oxygens (including phenoxy) is 3. The number of carbonyl (C=O) groups excluding carboxylic acids is 1. The third kappa shape index (κ3) is 1.27. The van der Waals surface area contributed by atoms with Crippen molar-refractivity contribution in [3.05, 3.63) is 23.2 Å². The lowest BCUT2D eigenvalue weighted by atomic mass is 10.2. The molecule has 1 atom stereocenters. The third-order valence-corrected chi connectivity index (χ3v) is 2.35. The quantitative estimate of drug-likeness (QED) is 0.621. The first-order chi connectivity index (χ1) is 6.74. The maximum atomic E-state index is 11.3. The molecular formula is C10H12O4. The molecule has 0 radical (unpaired) electrons. The molecule has 2 heterocycles. The molecule has 0 spiro atoms. The van der Waals surface area contributed by atoms with Crippen LogP contribution in [0.1, 0.15) is 13.3 Å². The standard InChI is InChI=1S/C10H12O4/c1-6-8(12-2)9(14-10(6)11)7-4-3-5-13-7/h4,9H,3,5H2,1-2H3. The van der Waals surface area contributed by atoms with Crippen molar-refractivity contribution in [3.63, 3.8) is 0 Å².